The number of nitrogens with one attached hydrogen (secondary N) is 1. The van der Waals surface area contributed by atoms with Crippen molar-refractivity contribution < 1.29 is 9.63 Å². The second kappa shape index (κ2) is 2.58. The molecule has 1 aliphatic rings. The molecule has 1 rings (SSSR count). The van der Waals surface area contributed by atoms with Gasteiger partial charge in [0.25, 0.3) is 0 Å². The van der Waals surface area contributed by atoms with Gasteiger partial charge in [0.1, 0.15) is 0 Å². The van der Waals surface area contributed by atoms with E-state index in [1.54, 1.807) is 0 Å². The molecule has 0 heterocycles. The number of hydrogen-bond donors (Lipinski definition) is 1. The lowest BCUT2D eigenvalue weighted by Crippen LogP contribution is -2.23. The predicted molar refractivity (Wildman–Crippen MR) is 37.1 cm³/mol. The van der Waals surface area contributed by atoms with Crippen molar-refractivity contribution in [3.8, 4) is 0 Å². The van der Waals surface area contributed by atoms with Crippen LogP contribution in [-0.4, -0.2) is 12.5 Å². The molecule has 0 atom stereocenters. The molecule has 0 saturated heterocycles. The first-order chi connectivity index (χ1) is 4.62. The third kappa shape index (κ3) is 2.35. The number of hydrogen-bond acceptors (Lipinski definition) is 2. The quantitative estimate of drug-likeness (QED) is 0.595. The van der Waals surface area contributed by atoms with Crippen LogP contribution in [0.5, 0.6) is 0 Å². The molecule has 1 fully saturated rings. The molecular formula is C7H13NO2. The van der Waals surface area contributed by atoms with Crippen molar-refractivity contribution in [2.45, 2.75) is 26.7 Å². The fourth-order valence-corrected chi connectivity index (χ4v) is 0.670. The van der Waals surface area contributed by atoms with Crippen LogP contribution in [0.1, 0.15) is 26.7 Å². The zero-order chi connectivity index (χ0) is 7.61. The normalized spacial score (nSPS) is 20.2. The van der Waals surface area contributed by atoms with E-state index < -0.39 is 0 Å². The van der Waals surface area contributed by atoms with Crippen LogP contribution in [0.25, 0.3) is 0 Å². The first kappa shape index (κ1) is 7.54. The molecule has 0 aromatic rings. The summed E-state index contributed by atoms with van der Waals surface area (Å²) in [5.74, 6) is -0.135. The van der Waals surface area contributed by atoms with Crippen LogP contribution < -0.4 is 5.48 Å². The van der Waals surface area contributed by atoms with Gasteiger partial charge in [-0.15, -0.1) is 0 Å². The highest BCUT2D eigenvalue weighted by Crippen LogP contribution is 2.44. The maximum atomic E-state index is 10.3. The van der Waals surface area contributed by atoms with E-state index in [4.69, 9.17) is 4.84 Å². The maximum Gasteiger partial charge on any atom is 0.240 e. The van der Waals surface area contributed by atoms with Crippen LogP contribution >= 0.6 is 0 Å². The number of carbonyl (C=O) groups is 1. The Balaban J connectivity index is 2.00. The van der Waals surface area contributed by atoms with Crippen LogP contribution in [0.4, 0.5) is 0 Å². The monoisotopic (exact) mass is 143 g/mol. The van der Waals surface area contributed by atoms with Crippen molar-refractivity contribution in [3.05, 3.63) is 0 Å². The molecule has 1 amide bonds. The summed E-state index contributed by atoms with van der Waals surface area (Å²) in [6.07, 6.45) is 2.43. The van der Waals surface area contributed by atoms with Crippen molar-refractivity contribution in [3.63, 3.8) is 0 Å². The SMILES string of the molecule is CC(=O)NOCC1(C)CC1. The lowest BCUT2D eigenvalue weighted by Gasteiger charge is -2.07. The third-order valence-corrected chi connectivity index (χ3v) is 1.74. The third-order valence-electron chi connectivity index (χ3n) is 1.74. The number of amides is 1. The number of hydroxylamine groups is 1. The van der Waals surface area contributed by atoms with Gasteiger partial charge >= 0.3 is 0 Å². The van der Waals surface area contributed by atoms with E-state index in [1.807, 2.05) is 0 Å². The molecule has 1 saturated carbocycles. The molecular weight excluding hydrogens is 130 g/mol. The minimum Gasteiger partial charge on any atom is -0.273 e. The van der Waals surface area contributed by atoms with Crippen molar-refractivity contribution in [2.75, 3.05) is 6.61 Å². The zero-order valence-corrected chi connectivity index (χ0v) is 6.44. The maximum absolute atomic E-state index is 10.3. The first-order valence-electron chi connectivity index (χ1n) is 3.51. The van der Waals surface area contributed by atoms with Gasteiger partial charge in [0, 0.05) is 6.92 Å². The second-order valence-electron chi connectivity index (χ2n) is 3.26. The van der Waals surface area contributed by atoms with Gasteiger partial charge in [-0.3, -0.25) is 9.63 Å². The molecule has 0 spiro atoms. The summed E-state index contributed by atoms with van der Waals surface area (Å²) in [5, 5.41) is 0. The Morgan fingerprint density at radius 1 is 1.70 bits per heavy atom. The van der Waals surface area contributed by atoms with Crippen LogP contribution in [0.3, 0.4) is 0 Å². The molecule has 1 N–H and O–H groups in total. The highest BCUT2D eigenvalue weighted by Gasteiger charge is 2.37. The number of carbonyl (C=O) groups excluding carboxylic acids is 1. The topological polar surface area (TPSA) is 38.3 Å². The Morgan fingerprint density at radius 2 is 2.30 bits per heavy atom. The molecule has 3 nitrogen and oxygen atoms in total. The molecule has 0 radical (unpaired) electrons. The smallest absolute Gasteiger partial charge is 0.240 e. The molecule has 0 bridgehead atoms. The highest BCUT2D eigenvalue weighted by molar-refractivity contribution is 5.71. The fourth-order valence-electron chi connectivity index (χ4n) is 0.670. The van der Waals surface area contributed by atoms with E-state index >= 15 is 0 Å². The van der Waals surface area contributed by atoms with Crippen molar-refractivity contribution in [1.82, 2.24) is 5.48 Å². The molecule has 0 aliphatic heterocycles. The van der Waals surface area contributed by atoms with Crippen molar-refractivity contribution in [2.24, 2.45) is 5.41 Å². The second-order valence-corrected chi connectivity index (χ2v) is 3.26. The van der Waals surface area contributed by atoms with E-state index in [-0.39, 0.29) is 5.91 Å². The first-order valence-corrected chi connectivity index (χ1v) is 3.51. The van der Waals surface area contributed by atoms with Gasteiger partial charge in [0.2, 0.25) is 5.91 Å². The van der Waals surface area contributed by atoms with Gasteiger partial charge in [-0.25, -0.2) is 5.48 Å². The minimum absolute atomic E-state index is 0.135. The predicted octanol–water partition coefficient (Wildman–Crippen LogP) is 0.854. The molecule has 3 heteroatoms. The van der Waals surface area contributed by atoms with E-state index in [9.17, 15) is 4.79 Å². The molecule has 0 unspecified atom stereocenters. The van der Waals surface area contributed by atoms with Gasteiger partial charge in [-0.2, -0.15) is 0 Å². The zero-order valence-electron chi connectivity index (χ0n) is 6.44. The van der Waals surface area contributed by atoms with Crippen LogP contribution in [0.2, 0.25) is 0 Å². The van der Waals surface area contributed by atoms with Crippen LogP contribution in [0.15, 0.2) is 0 Å². The van der Waals surface area contributed by atoms with E-state index in [0.717, 1.165) is 0 Å². The molecule has 0 aromatic heterocycles. The number of rotatable bonds is 3. The molecule has 1 aliphatic carbocycles. The van der Waals surface area contributed by atoms with Crippen LogP contribution in [-0.2, 0) is 9.63 Å². The largest absolute Gasteiger partial charge is 0.273 e. The summed E-state index contributed by atoms with van der Waals surface area (Å²) in [6.45, 7) is 4.23. The van der Waals surface area contributed by atoms with Gasteiger partial charge in [0.05, 0.1) is 6.61 Å². The summed E-state index contributed by atoms with van der Waals surface area (Å²) in [6, 6.07) is 0. The molecule has 10 heavy (non-hydrogen) atoms. The fraction of sp³-hybridized carbons (Fsp3) is 0.857. The standard InChI is InChI=1S/C7H13NO2/c1-6(9)8-10-5-7(2)3-4-7/h3-5H2,1-2H3,(H,8,9). The minimum atomic E-state index is -0.135. The summed E-state index contributed by atoms with van der Waals surface area (Å²) in [4.78, 5) is 15.2. The van der Waals surface area contributed by atoms with Gasteiger partial charge in [-0.05, 0) is 18.3 Å². The Hall–Kier alpha value is -0.570. The lowest BCUT2D eigenvalue weighted by atomic mass is 10.2. The Kier molecular flexibility index (Phi) is 1.94. The van der Waals surface area contributed by atoms with Crippen molar-refractivity contribution in [1.29, 1.82) is 0 Å². The van der Waals surface area contributed by atoms with Crippen LogP contribution in [0, 0.1) is 5.41 Å². The highest BCUT2D eigenvalue weighted by atomic mass is 16.7. The molecule has 58 valence electrons. The van der Waals surface area contributed by atoms with E-state index in [1.165, 1.54) is 19.8 Å². The Labute approximate surface area is 60.7 Å². The molecule has 0 aromatic carbocycles. The summed E-state index contributed by atoms with van der Waals surface area (Å²) >= 11 is 0. The Morgan fingerprint density at radius 3 is 2.70 bits per heavy atom. The Bertz CT molecular complexity index is 141. The van der Waals surface area contributed by atoms with Gasteiger partial charge < -0.3 is 0 Å². The van der Waals surface area contributed by atoms with Gasteiger partial charge in [-0.1, -0.05) is 6.92 Å². The summed E-state index contributed by atoms with van der Waals surface area (Å²) in [5.41, 5.74) is 2.65. The summed E-state index contributed by atoms with van der Waals surface area (Å²) in [7, 11) is 0. The summed E-state index contributed by atoms with van der Waals surface area (Å²) < 4.78 is 0. The van der Waals surface area contributed by atoms with Crippen molar-refractivity contribution >= 4 is 5.91 Å². The van der Waals surface area contributed by atoms with E-state index in [2.05, 4.69) is 12.4 Å². The van der Waals surface area contributed by atoms with Gasteiger partial charge in [0.15, 0.2) is 0 Å². The van der Waals surface area contributed by atoms with E-state index in [0.29, 0.717) is 12.0 Å². The average Bonchev–Trinajstić information content (AvgIpc) is 2.47. The lowest BCUT2D eigenvalue weighted by molar-refractivity contribution is -0.132. The average molecular weight is 143 g/mol.